The van der Waals surface area contributed by atoms with Crippen molar-refractivity contribution in [3.8, 4) is 11.5 Å². The highest BCUT2D eigenvalue weighted by atomic mass is 35.5. The summed E-state index contributed by atoms with van der Waals surface area (Å²) in [5.74, 6) is -0.210. The molecule has 4 rings (SSSR count). The number of anilines is 1. The van der Waals surface area contributed by atoms with Gasteiger partial charge in [0.15, 0.2) is 0 Å². The maximum Gasteiger partial charge on any atom is 0.332 e. The third kappa shape index (κ3) is 4.19. The first-order valence-electron chi connectivity index (χ1n) is 10.3. The Labute approximate surface area is 185 Å². The van der Waals surface area contributed by atoms with E-state index < -0.39 is 23.8 Å². The van der Waals surface area contributed by atoms with Gasteiger partial charge in [-0.3, -0.25) is 4.79 Å². The van der Waals surface area contributed by atoms with Crippen LogP contribution in [-0.4, -0.2) is 42.6 Å². The minimum absolute atomic E-state index is 0.0598. The minimum Gasteiger partial charge on any atom is -0.490 e. The fourth-order valence-corrected chi connectivity index (χ4v) is 4.28. The molecular formula is C23H24ClFN2O4. The van der Waals surface area contributed by atoms with Gasteiger partial charge in [0.1, 0.15) is 36.6 Å². The summed E-state index contributed by atoms with van der Waals surface area (Å²) >= 11 is 6.14. The molecule has 2 fully saturated rings. The van der Waals surface area contributed by atoms with E-state index in [-0.39, 0.29) is 29.7 Å². The molecule has 2 saturated heterocycles. The molecule has 8 heteroatoms. The van der Waals surface area contributed by atoms with Crippen molar-refractivity contribution < 1.29 is 23.5 Å². The average molecular weight is 447 g/mol. The minimum atomic E-state index is -0.745. The molecule has 0 N–H and O–H groups in total. The molecule has 0 aromatic heterocycles. The van der Waals surface area contributed by atoms with Gasteiger partial charge in [0.2, 0.25) is 0 Å². The number of urea groups is 1. The van der Waals surface area contributed by atoms with E-state index in [0.717, 1.165) is 40.7 Å². The predicted octanol–water partition coefficient (Wildman–Crippen LogP) is 4.87. The Balaban J connectivity index is 1.46. The average Bonchev–Trinajstić information content (AvgIpc) is 2.99. The van der Waals surface area contributed by atoms with Gasteiger partial charge in [-0.15, -0.1) is 0 Å². The summed E-state index contributed by atoms with van der Waals surface area (Å²) in [6.07, 6.45) is 2.29. The highest BCUT2D eigenvalue weighted by Crippen LogP contribution is 2.37. The van der Waals surface area contributed by atoms with Crippen molar-refractivity contribution in [2.45, 2.75) is 39.2 Å². The number of aryl methyl sites for hydroxylation is 2. The summed E-state index contributed by atoms with van der Waals surface area (Å²) in [7, 11) is 0. The first-order valence-corrected chi connectivity index (χ1v) is 10.7. The molecule has 2 aromatic carbocycles. The van der Waals surface area contributed by atoms with Gasteiger partial charge in [-0.05, 0) is 50.8 Å². The van der Waals surface area contributed by atoms with Gasteiger partial charge in [-0.1, -0.05) is 29.3 Å². The number of benzene rings is 2. The fourth-order valence-electron chi connectivity index (χ4n) is 4.08. The number of nitrogens with zero attached hydrogens (tertiary/aromatic N) is 2. The van der Waals surface area contributed by atoms with Gasteiger partial charge in [0.25, 0.3) is 5.91 Å². The molecule has 2 aromatic rings. The molecule has 3 amide bonds. The molecule has 2 aliphatic rings. The van der Waals surface area contributed by atoms with E-state index in [0.29, 0.717) is 13.0 Å². The smallest absolute Gasteiger partial charge is 0.332 e. The largest absolute Gasteiger partial charge is 0.490 e. The summed E-state index contributed by atoms with van der Waals surface area (Å²) in [4.78, 5) is 27.9. The van der Waals surface area contributed by atoms with E-state index in [4.69, 9.17) is 21.1 Å². The summed E-state index contributed by atoms with van der Waals surface area (Å²) in [6, 6.07) is 7.23. The highest BCUT2D eigenvalue weighted by molar-refractivity contribution is 6.32. The Kier molecular flexibility index (Phi) is 6.05. The molecule has 0 spiro atoms. The van der Waals surface area contributed by atoms with E-state index >= 15 is 0 Å². The highest BCUT2D eigenvalue weighted by Gasteiger charge is 2.47. The number of amides is 3. The maximum atomic E-state index is 14.7. The maximum absolute atomic E-state index is 14.7. The number of halogens is 2. The van der Waals surface area contributed by atoms with Crippen LogP contribution in [0.15, 0.2) is 30.3 Å². The molecule has 2 aliphatic heterocycles. The van der Waals surface area contributed by atoms with Crippen LogP contribution in [0.25, 0.3) is 0 Å². The van der Waals surface area contributed by atoms with Crippen molar-refractivity contribution in [1.29, 1.82) is 0 Å². The molecule has 164 valence electrons. The summed E-state index contributed by atoms with van der Waals surface area (Å²) in [5.41, 5.74) is 2.03. The number of hydrogen-bond donors (Lipinski definition) is 0. The van der Waals surface area contributed by atoms with Gasteiger partial charge in [0, 0.05) is 12.6 Å². The Morgan fingerprint density at radius 2 is 1.81 bits per heavy atom. The van der Waals surface area contributed by atoms with E-state index in [2.05, 4.69) is 0 Å². The summed E-state index contributed by atoms with van der Waals surface area (Å²) in [5, 5.41) is 0.0598. The van der Waals surface area contributed by atoms with Gasteiger partial charge in [-0.25, -0.2) is 14.1 Å². The second-order valence-electron chi connectivity index (χ2n) is 7.86. The van der Waals surface area contributed by atoms with Crippen LogP contribution in [0, 0.1) is 19.7 Å². The zero-order chi connectivity index (χ0) is 22.1. The molecule has 6 nitrogen and oxygen atoms in total. The van der Waals surface area contributed by atoms with Gasteiger partial charge >= 0.3 is 6.03 Å². The normalized spacial score (nSPS) is 18.4. The number of ether oxygens (including phenoxy) is 2. The molecule has 1 unspecified atom stereocenters. The van der Waals surface area contributed by atoms with Crippen LogP contribution in [-0.2, 0) is 4.79 Å². The molecule has 0 radical (unpaired) electrons. The number of piperidine rings is 1. The van der Waals surface area contributed by atoms with Crippen molar-refractivity contribution in [2.75, 3.05) is 24.7 Å². The van der Waals surface area contributed by atoms with Crippen molar-refractivity contribution in [1.82, 2.24) is 4.90 Å². The van der Waals surface area contributed by atoms with Crippen LogP contribution in [0.5, 0.6) is 11.5 Å². The SMILES string of the molecule is Cc1ccc(OCCOc2cc(N3C(=O)C4CCCCN4C3=O)c(F)cc2Cl)c(C)c1. The lowest BCUT2D eigenvalue weighted by Crippen LogP contribution is -2.39. The van der Waals surface area contributed by atoms with Gasteiger partial charge in [-0.2, -0.15) is 0 Å². The van der Waals surface area contributed by atoms with Gasteiger partial charge in [0.05, 0.1) is 10.7 Å². The lowest BCUT2D eigenvalue weighted by molar-refractivity contribution is -0.120. The van der Waals surface area contributed by atoms with Crippen LogP contribution in [0.3, 0.4) is 0 Å². The number of hydrogen-bond acceptors (Lipinski definition) is 4. The van der Waals surface area contributed by atoms with Crippen molar-refractivity contribution in [2.24, 2.45) is 0 Å². The van der Waals surface area contributed by atoms with Crippen molar-refractivity contribution in [3.63, 3.8) is 0 Å². The van der Waals surface area contributed by atoms with Crippen LogP contribution in [0.1, 0.15) is 30.4 Å². The molecular weight excluding hydrogens is 423 g/mol. The number of fused-ring (bicyclic) bond motifs is 1. The lowest BCUT2D eigenvalue weighted by atomic mass is 10.0. The lowest BCUT2D eigenvalue weighted by Gasteiger charge is -2.26. The van der Waals surface area contributed by atoms with E-state index in [9.17, 15) is 14.0 Å². The zero-order valence-electron chi connectivity index (χ0n) is 17.5. The van der Waals surface area contributed by atoms with Crippen LogP contribution in [0.4, 0.5) is 14.9 Å². The van der Waals surface area contributed by atoms with Crippen molar-refractivity contribution >= 4 is 29.2 Å². The number of rotatable bonds is 6. The Morgan fingerprint density at radius 1 is 1.06 bits per heavy atom. The number of carbonyl (C=O) groups excluding carboxylic acids is 2. The van der Waals surface area contributed by atoms with Crippen LogP contribution in [0.2, 0.25) is 5.02 Å². The fraction of sp³-hybridized carbons (Fsp3) is 0.391. The number of carbonyl (C=O) groups is 2. The van der Waals surface area contributed by atoms with E-state index in [1.165, 1.54) is 11.0 Å². The third-order valence-corrected chi connectivity index (χ3v) is 5.91. The Morgan fingerprint density at radius 3 is 2.52 bits per heavy atom. The summed E-state index contributed by atoms with van der Waals surface area (Å²) in [6.45, 7) is 4.89. The molecule has 0 aliphatic carbocycles. The first-order chi connectivity index (χ1) is 14.9. The molecule has 2 heterocycles. The van der Waals surface area contributed by atoms with E-state index in [1.807, 2.05) is 32.0 Å². The topological polar surface area (TPSA) is 59.1 Å². The van der Waals surface area contributed by atoms with Gasteiger partial charge < -0.3 is 14.4 Å². The molecule has 0 bridgehead atoms. The molecule has 1 atom stereocenters. The Hall–Kier alpha value is -2.80. The van der Waals surface area contributed by atoms with Crippen LogP contribution >= 0.6 is 11.6 Å². The zero-order valence-corrected chi connectivity index (χ0v) is 18.2. The second kappa shape index (κ2) is 8.75. The second-order valence-corrected chi connectivity index (χ2v) is 8.27. The predicted molar refractivity (Wildman–Crippen MR) is 116 cm³/mol. The molecule has 31 heavy (non-hydrogen) atoms. The van der Waals surface area contributed by atoms with Crippen LogP contribution < -0.4 is 14.4 Å². The molecule has 0 saturated carbocycles. The summed E-state index contributed by atoms with van der Waals surface area (Å²) < 4.78 is 26.1. The van der Waals surface area contributed by atoms with E-state index in [1.54, 1.807) is 0 Å². The number of imide groups is 1. The third-order valence-electron chi connectivity index (χ3n) is 5.62. The quantitative estimate of drug-likeness (QED) is 0.469. The Bertz CT molecular complexity index is 1000. The first kappa shape index (κ1) is 21.4. The standard InChI is InChI=1S/C23H24ClFN2O4/c1-14-6-7-20(15(2)11-14)30-9-10-31-21-13-19(17(25)12-16(21)24)27-22(28)18-5-3-4-8-26(18)23(27)29/h6-7,11-13,18H,3-5,8-10H2,1-2H3. The monoisotopic (exact) mass is 446 g/mol. The van der Waals surface area contributed by atoms with Crippen molar-refractivity contribution in [3.05, 3.63) is 52.3 Å².